The summed E-state index contributed by atoms with van der Waals surface area (Å²) >= 11 is 0. The molecule has 0 aliphatic carbocycles. The molecule has 0 radical (unpaired) electrons. The normalized spacial score (nSPS) is 9.93. The molecule has 1 aromatic carbocycles. The number of aliphatic hydroxyl groups excluding tert-OH is 1. The number of aliphatic hydroxyl groups is 1. The number of hydrogen-bond donors (Lipinski definition) is 1. The number of benzene rings is 1. The topological polar surface area (TPSA) is 46.5 Å². The molecule has 0 heterocycles. The van der Waals surface area contributed by atoms with Gasteiger partial charge in [-0.25, -0.2) is 9.18 Å². The lowest BCUT2D eigenvalue weighted by atomic mass is 10.1. The summed E-state index contributed by atoms with van der Waals surface area (Å²) in [6.07, 6.45) is 0. The van der Waals surface area contributed by atoms with E-state index < -0.39 is 18.4 Å². The van der Waals surface area contributed by atoms with Crippen molar-refractivity contribution in [2.75, 3.05) is 6.61 Å². The molecular weight excluding hydrogens is 187 g/mol. The van der Waals surface area contributed by atoms with E-state index in [0.717, 1.165) is 0 Å². The summed E-state index contributed by atoms with van der Waals surface area (Å²) < 4.78 is 18.0. The molecule has 1 aromatic rings. The number of halogens is 1. The summed E-state index contributed by atoms with van der Waals surface area (Å²) in [5, 5.41) is 8.76. The summed E-state index contributed by atoms with van der Waals surface area (Å²) in [7, 11) is 0. The maximum atomic E-state index is 13.4. The van der Waals surface area contributed by atoms with Crippen LogP contribution in [-0.2, 0) is 11.3 Å². The van der Waals surface area contributed by atoms with Crippen LogP contribution in [0.2, 0.25) is 0 Å². The zero-order valence-corrected chi connectivity index (χ0v) is 7.79. The van der Waals surface area contributed by atoms with Crippen molar-refractivity contribution in [3.63, 3.8) is 0 Å². The SMILES string of the molecule is CCOC(=O)c1cccc(CO)c1F. The highest BCUT2D eigenvalue weighted by molar-refractivity contribution is 5.89. The van der Waals surface area contributed by atoms with E-state index in [9.17, 15) is 9.18 Å². The molecule has 0 spiro atoms. The van der Waals surface area contributed by atoms with Gasteiger partial charge in [-0.3, -0.25) is 0 Å². The molecule has 0 saturated heterocycles. The minimum atomic E-state index is -0.714. The highest BCUT2D eigenvalue weighted by Crippen LogP contribution is 2.13. The Hall–Kier alpha value is -1.42. The Morgan fingerprint density at radius 1 is 1.57 bits per heavy atom. The second kappa shape index (κ2) is 4.72. The average Bonchev–Trinajstić information content (AvgIpc) is 2.18. The van der Waals surface area contributed by atoms with Crippen molar-refractivity contribution in [3.8, 4) is 0 Å². The van der Waals surface area contributed by atoms with Gasteiger partial charge < -0.3 is 9.84 Å². The van der Waals surface area contributed by atoms with E-state index in [2.05, 4.69) is 4.74 Å². The van der Waals surface area contributed by atoms with E-state index in [1.54, 1.807) is 6.92 Å². The lowest BCUT2D eigenvalue weighted by Gasteiger charge is -2.05. The number of rotatable bonds is 3. The predicted octanol–water partition coefficient (Wildman–Crippen LogP) is 1.49. The Morgan fingerprint density at radius 2 is 2.29 bits per heavy atom. The van der Waals surface area contributed by atoms with Crippen molar-refractivity contribution in [2.24, 2.45) is 0 Å². The van der Waals surface area contributed by atoms with Gasteiger partial charge in [0.15, 0.2) is 0 Å². The molecule has 0 aromatic heterocycles. The van der Waals surface area contributed by atoms with Crippen molar-refractivity contribution in [1.29, 1.82) is 0 Å². The molecule has 1 rings (SSSR count). The fraction of sp³-hybridized carbons (Fsp3) is 0.300. The van der Waals surface area contributed by atoms with Gasteiger partial charge in [0.25, 0.3) is 0 Å². The van der Waals surface area contributed by atoms with Crippen LogP contribution in [-0.4, -0.2) is 17.7 Å². The summed E-state index contributed by atoms with van der Waals surface area (Å²) in [4.78, 5) is 11.2. The van der Waals surface area contributed by atoms with Crippen molar-refractivity contribution in [1.82, 2.24) is 0 Å². The Kier molecular flexibility index (Phi) is 3.59. The van der Waals surface area contributed by atoms with Gasteiger partial charge in [-0.15, -0.1) is 0 Å². The summed E-state index contributed by atoms with van der Waals surface area (Å²) in [6, 6.07) is 4.24. The van der Waals surface area contributed by atoms with Gasteiger partial charge >= 0.3 is 5.97 Å². The third kappa shape index (κ3) is 2.09. The van der Waals surface area contributed by atoms with E-state index in [1.807, 2.05) is 0 Å². The summed E-state index contributed by atoms with van der Waals surface area (Å²) in [5.74, 6) is -1.42. The monoisotopic (exact) mass is 198 g/mol. The van der Waals surface area contributed by atoms with Gasteiger partial charge in [0.05, 0.1) is 18.8 Å². The highest BCUT2D eigenvalue weighted by atomic mass is 19.1. The highest BCUT2D eigenvalue weighted by Gasteiger charge is 2.14. The molecule has 0 fully saturated rings. The van der Waals surface area contributed by atoms with Gasteiger partial charge in [-0.1, -0.05) is 12.1 Å². The number of esters is 1. The minimum Gasteiger partial charge on any atom is -0.462 e. The van der Waals surface area contributed by atoms with E-state index >= 15 is 0 Å². The lowest BCUT2D eigenvalue weighted by molar-refractivity contribution is 0.0520. The molecule has 0 amide bonds. The molecule has 1 N–H and O–H groups in total. The largest absolute Gasteiger partial charge is 0.462 e. The maximum absolute atomic E-state index is 13.4. The average molecular weight is 198 g/mol. The van der Waals surface area contributed by atoms with Crippen molar-refractivity contribution < 1.29 is 19.0 Å². The smallest absolute Gasteiger partial charge is 0.341 e. The Morgan fingerprint density at radius 3 is 2.86 bits per heavy atom. The Labute approximate surface area is 81.1 Å². The molecule has 3 nitrogen and oxygen atoms in total. The van der Waals surface area contributed by atoms with Crippen LogP contribution in [0.1, 0.15) is 22.8 Å². The molecule has 0 saturated carbocycles. The third-order valence-electron chi connectivity index (χ3n) is 1.74. The molecule has 0 unspecified atom stereocenters. The van der Waals surface area contributed by atoms with Crippen LogP contribution in [0.3, 0.4) is 0 Å². The summed E-state index contributed by atoms with van der Waals surface area (Å²) in [5.41, 5.74) is -0.0473. The van der Waals surface area contributed by atoms with Crippen LogP contribution in [0.15, 0.2) is 18.2 Å². The number of hydrogen-bond acceptors (Lipinski definition) is 3. The zero-order valence-electron chi connectivity index (χ0n) is 7.79. The first-order valence-electron chi connectivity index (χ1n) is 4.26. The second-order valence-electron chi connectivity index (χ2n) is 2.66. The Bertz CT molecular complexity index is 336. The summed E-state index contributed by atoms with van der Waals surface area (Å²) in [6.45, 7) is 1.41. The molecule has 0 aliphatic heterocycles. The Balaban J connectivity index is 3.03. The predicted molar refractivity (Wildman–Crippen MR) is 48.3 cm³/mol. The quantitative estimate of drug-likeness (QED) is 0.748. The van der Waals surface area contributed by atoms with Gasteiger partial charge in [-0.2, -0.15) is 0 Å². The van der Waals surface area contributed by atoms with Gasteiger partial charge in [0, 0.05) is 5.56 Å². The first kappa shape index (κ1) is 10.7. The standard InChI is InChI=1S/C10H11FO3/c1-2-14-10(13)8-5-3-4-7(6-12)9(8)11/h3-5,12H,2,6H2,1H3. The van der Waals surface area contributed by atoms with Crippen LogP contribution in [0.25, 0.3) is 0 Å². The molecule has 14 heavy (non-hydrogen) atoms. The van der Waals surface area contributed by atoms with E-state index in [-0.39, 0.29) is 17.7 Å². The van der Waals surface area contributed by atoms with Crippen LogP contribution >= 0.6 is 0 Å². The molecule has 0 bridgehead atoms. The number of carbonyl (C=O) groups is 1. The molecule has 0 aliphatic rings. The van der Waals surface area contributed by atoms with Crippen LogP contribution < -0.4 is 0 Å². The van der Waals surface area contributed by atoms with Crippen LogP contribution in [0, 0.1) is 5.82 Å². The first-order chi connectivity index (χ1) is 6.70. The first-order valence-corrected chi connectivity index (χ1v) is 4.26. The van der Waals surface area contributed by atoms with E-state index in [4.69, 9.17) is 5.11 Å². The zero-order chi connectivity index (χ0) is 10.6. The van der Waals surface area contributed by atoms with Crippen molar-refractivity contribution in [3.05, 3.63) is 35.1 Å². The van der Waals surface area contributed by atoms with Crippen molar-refractivity contribution in [2.45, 2.75) is 13.5 Å². The fourth-order valence-corrected chi connectivity index (χ4v) is 1.07. The third-order valence-corrected chi connectivity index (χ3v) is 1.74. The van der Waals surface area contributed by atoms with Crippen LogP contribution in [0.5, 0.6) is 0 Å². The van der Waals surface area contributed by atoms with Gasteiger partial charge in [0.2, 0.25) is 0 Å². The number of carbonyl (C=O) groups excluding carboxylic acids is 1. The lowest BCUT2D eigenvalue weighted by Crippen LogP contribution is -2.08. The number of ether oxygens (including phenoxy) is 1. The fourth-order valence-electron chi connectivity index (χ4n) is 1.07. The van der Waals surface area contributed by atoms with E-state index in [1.165, 1.54) is 18.2 Å². The maximum Gasteiger partial charge on any atom is 0.341 e. The molecular formula is C10H11FO3. The molecule has 4 heteroatoms. The molecule has 0 atom stereocenters. The second-order valence-corrected chi connectivity index (χ2v) is 2.66. The van der Waals surface area contributed by atoms with Gasteiger partial charge in [0.1, 0.15) is 5.82 Å². The minimum absolute atomic E-state index is 0.0931. The molecule has 76 valence electrons. The van der Waals surface area contributed by atoms with Crippen molar-refractivity contribution >= 4 is 5.97 Å². The van der Waals surface area contributed by atoms with E-state index in [0.29, 0.717) is 0 Å². The van der Waals surface area contributed by atoms with Crippen LogP contribution in [0.4, 0.5) is 4.39 Å². The van der Waals surface area contributed by atoms with Gasteiger partial charge in [-0.05, 0) is 13.0 Å².